The van der Waals surface area contributed by atoms with Crippen LogP contribution in [0.5, 0.6) is 0 Å². The average Bonchev–Trinajstić information content (AvgIpc) is 2.48. The average molecular weight is 277 g/mol. The third-order valence-corrected chi connectivity index (χ3v) is 5.29. The highest BCUT2D eigenvalue weighted by Gasteiger charge is 2.40. The summed E-state index contributed by atoms with van der Waals surface area (Å²) in [6.45, 7) is 9.10. The Labute approximate surface area is 124 Å². The number of nitrogens with zero attached hydrogens (tertiary/aromatic N) is 2. The Bertz CT molecular complexity index is 349. The Kier molecular flexibility index (Phi) is 5.46. The molecule has 2 fully saturated rings. The molecule has 1 saturated heterocycles. The van der Waals surface area contributed by atoms with E-state index in [-0.39, 0.29) is 5.54 Å². The van der Waals surface area contributed by atoms with Crippen molar-refractivity contribution in [1.82, 2.24) is 10.2 Å². The van der Waals surface area contributed by atoms with Gasteiger partial charge in [0.25, 0.3) is 0 Å². The molecule has 1 saturated carbocycles. The number of rotatable bonds is 4. The molecule has 114 valence electrons. The third kappa shape index (κ3) is 3.54. The van der Waals surface area contributed by atoms with Crippen molar-refractivity contribution in [3.05, 3.63) is 0 Å². The van der Waals surface area contributed by atoms with Gasteiger partial charge in [-0.1, -0.05) is 13.8 Å². The lowest BCUT2D eigenvalue weighted by atomic mass is 9.78. The van der Waals surface area contributed by atoms with E-state index in [0.29, 0.717) is 12.1 Å². The number of piperidine rings is 1. The van der Waals surface area contributed by atoms with Crippen LogP contribution in [-0.4, -0.2) is 35.6 Å². The second kappa shape index (κ2) is 6.91. The number of nitriles is 1. The van der Waals surface area contributed by atoms with E-state index in [0.717, 1.165) is 31.7 Å². The second-order valence-electron chi connectivity index (χ2n) is 7.10. The number of nitrogens with one attached hydrogen (secondary N) is 1. The van der Waals surface area contributed by atoms with Crippen molar-refractivity contribution in [3.8, 4) is 6.07 Å². The van der Waals surface area contributed by atoms with Gasteiger partial charge < -0.3 is 0 Å². The van der Waals surface area contributed by atoms with Crippen molar-refractivity contribution in [2.24, 2.45) is 5.92 Å². The van der Waals surface area contributed by atoms with Crippen LogP contribution in [0, 0.1) is 17.2 Å². The molecule has 2 aliphatic rings. The molecule has 4 unspecified atom stereocenters. The lowest BCUT2D eigenvalue weighted by Gasteiger charge is -2.47. The minimum absolute atomic E-state index is 0.265. The molecule has 0 spiro atoms. The molecule has 0 aromatic carbocycles. The highest BCUT2D eigenvalue weighted by Crippen LogP contribution is 2.34. The first-order chi connectivity index (χ1) is 9.60. The normalized spacial score (nSPS) is 39.4. The standard InChI is InChI=1S/C17H31N3/c1-4-10-19-17(13-18)9-5-6-16(11-17)20-12-14(2)7-8-15(20)3/h14-16,19H,4-12H2,1-3H3. The highest BCUT2D eigenvalue weighted by molar-refractivity contribution is 5.11. The zero-order chi connectivity index (χ0) is 14.6. The molecule has 3 heteroatoms. The van der Waals surface area contributed by atoms with Crippen LogP contribution in [0.3, 0.4) is 0 Å². The van der Waals surface area contributed by atoms with Crippen LogP contribution in [0.1, 0.15) is 65.7 Å². The van der Waals surface area contributed by atoms with Crippen molar-refractivity contribution in [1.29, 1.82) is 5.26 Å². The van der Waals surface area contributed by atoms with E-state index in [1.807, 2.05) is 0 Å². The maximum absolute atomic E-state index is 9.67. The minimum Gasteiger partial charge on any atom is -0.299 e. The topological polar surface area (TPSA) is 39.1 Å². The SMILES string of the molecule is CCCNC1(C#N)CCCC(N2CC(C)CCC2C)C1. The van der Waals surface area contributed by atoms with Crippen LogP contribution in [0.25, 0.3) is 0 Å². The van der Waals surface area contributed by atoms with Crippen LogP contribution in [-0.2, 0) is 0 Å². The van der Waals surface area contributed by atoms with Gasteiger partial charge in [-0.05, 0) is 64.3 Å². The molecule has 0 radical (unpaired) electrons. The number of hydrogen-bond acceptors (Lipinski definition) is 3. The van der Waals surface area contributed by atoms with E-state index < -0.39 is 0 Å². The van der Waals surface area contributed by atoms with Crippen LogP contribution in [0.2, 0.25) is 0 Å². The van der Waals surface area contributed by atoms with Crippen molar-refractivity contribution in [3.63, 3.8) is 0 Å². The van der Waals surface area contributed by atoms with Gasteiger partial charge in [0, 0.05) is 18.6 Å². The second-order valence-corrected chi connectivity index (χ2v) is 7.10. The smallest absolute Gasteiger partial charge is 0.108 e. The summed E-state index contributed by atoms with van der Waals surface area (Å²) in [5, 5.41) is 13.2. The van der Waals surface area contributed by atoms with Gasteiger partial charge in [-0.15, -0.1) is 0 Å². The number of likely N-dealkylation sites (tertiary alicyclic amines) is 1. The minimum atomic E-state index is -0.265. The summed E-state index contributed by atoms with van der Waals surface area (Å²) in [5.41, 5.74) is -0.265. The molecule has 1 heterocycles. The van der Waals surface area contributed by atoms with Gasteiger partial charge in [-0.3, -0.25) is 10.2 Å². The molecule has 0 aromatic rings. The van der Waals surface area contributed by atoms with Crippen LogP contribution >= 0.6 is 0 Å². The lowest BCUT2D eigenvalue weighted by molar-refractivity contribution is 0.0417. The fourth-order valence-corrected chi connectivity index (χ4v) is 4.03. The summed E-state index contributed by atoms with van der Waals surface area (Å²) in [6, 6.07) is 3.90. The summed E-state index contributed by atoms with van der Waals surface area (Å²) in [5.74, 6) is 0.813. The van der Waals surface area contributed by atoms with Crippen LogP contribution in [0.15, 0.2) is 0 Å². The summed E-state index contributed by atoms with van der Waals surface area (Å²) < 4.78 is 0. The fourth-order valence-electron chi connectivity index (χ4n) is 4.03. The van der Waals surface area contributed by atoms with Gasteiger partial charge in [0.2, 0.25) is 0 Å². The molecule has 20 heavy (non-hydrogen) atoms. The number of hydrogen-bond donors (Lipinski definition) is 1. The molecular weight excluding hydrogens is 246 g/mol. The van der Waals surface area contributed by atoms with Gasteiger partial charge in [-0.2, -0.15) is 5.26 Å². The van der Waals surface area contributed by atoms with E-state index in [1.165, 1.54) is 32.2 Å². The summed E-state index contributed by atoms with van der Waals surface area (Å²) in [6.07, 6.45) is 8.28. The predicted molar refractivity (Wildman–Crippen MR) is 83.5 cm³/mol. The Morgan fingerprint density at radius 3 is 2.80 bits per heavy atom. The molecular formula is C17H31N3. The van der Waals surface area contributed by atoms with E-state index in [2.05, 4.69) is 37.1 Å². The van der Waals surface area contributed by atoms with E-state index in [9.17, 15) is 5.26 Å². The molecule has 1 aliphatic carbocycles. The van der Waals surface area contributed by atoms with Crippen molar-refractivity contribution >= 4 is 0 Å². The molecule has 0 aromatic heterocycles. The van der Waals surface area contributed by atoms with Gasteiger partial charge in [-0.25, -0.2) is 0 Å². The maximum atomic E-state index is 9.67. The van der Waals surface area contributed by atoms with E-state index in [4.69, 9.17) is 0 Å². The molecule has 3 nitrogen and oxygen atoms in total. The van der Waals surface area contributed by atoms with Crippen LogP contribution in [0.4, 0.5) is 0 Å². The molecule has 1 N–H and O–H groups in total. The van der Waals surface area contributed by atoms with Crippen molar-refractivity contribution in [2.75, 3.05) is 13.1 Å². The van der Waals surface area contributed by atoms with E-state index in [1.54, 1.807) is 0 Å². The summed E-state index contributed by atoms with van der Waals surface area (Å²) >= 11 is 0. The van der Waals surface area contributed by atoms with Crippen molar-refractivity contribution in [2.45, 2.75) is 83.3 Å². The van der Waals surface area contributed by atoms with Crippen LogP contribution < -0.4 is 5.32 Å². The third-order valence-electron chi connectivity index (χ3n) is 5.29. The lowest BCUT2D eigenvalue weighted by Crippen LogP contribution is -2.56. The first-order valence-corrected chi connectivity index (χ1v) is 8.52. The highest BCUT2D eigenvalue weighted by atomic mass is 15.2. The zero-order valence-corrected chi connectivity index (χ0v) is 13.5. The Morgan fingerprint density at radius 1 is 1.30 bits per heavy atom. The molecule has 0 bridgehead atoms. The monoisotopic (exact) mass is 277 g/mol. The molecule has 1 aliphatic heterocycles. The maximum Gasteiger partial charge on any atom is 0.108 e. The van der Waals surface area contributed by atoms with E-state index >= 15 is 0 Å². The largest absolute Gasteiger partial charge is 0.299 e. The van der Waals surface area contributed by atoms with Gasteiger partial charge in [0.05, 0.1) is 6.07 Å². The Hall–Kier alpha value is -0.590. The predicted octanol–water partition coefficient (Wildman–Crippen LogP) is 3.31. The first kappa shape index (κ1) is 15.8. The molecule has 4 atom stereocenters. The Morgan fingerprint density at radius 2 is 2.10 bits per heavy atom. The van der Waals surface area contributed by atoms with Gasteiger partial charge in [0.15, 0.2) is 0 Å². The summed E-state index contributed by atoms with van der Waals surface area (Å²) in [7, 11) is 0. The molecule has 0 amide bonds. The fraction of sp³-hybridized carbons (Fsp3) is 0.941. The first-order valence-electron chi connectivity index (χ1n) is 8.52. The summed E-state index contributed by atoms with van der Waals surface area (Å²) in [4.78, 5) is 2.70. The quantitative estimate of drug-likeness (QED) is 0.857. The van der Waals surface area contributed by atoms with Gasteiger partial charge in [0.1, 0.15) is 5.54 Å². The van der Waals surface area contributed by atoms with Crippen molar-refractivity contribution < 1.29 is 0 Å². The molecule has 2 rings (SSSR count). The Balaban J connectivity index is 2.03. The zero-order valence-electron chi connectivity index (χ0n) is 13.5. The van der Waals surface area contributed by atoms with Gasteiger partial charge >= 0.3 is 0 Å².